The quantitative estimate of drug-likeness (QED) is 0.0526. The Morgan fingerprint density at radius 1 is 0.780 bits per heavy atom. The molecule has 2 heterocycles. The first-order chi connectivity index (χ1) is 23.2. The predicted octanol–water partition coefficient (Wildman–Crippen LogP) is 4.61. The smallest absolute Gasteiger partial charge is 0.377 e. The molecule has 2 aromatic heterocycles. The van der Waals surface area contributed by atoms with Gasteiger partial charge in [0, 0.05) is 83.7 Å². The molecule has 0 fully saturated rings. The van der Waals surface area contributed by atoms with Gasteiger partial charge in [-0.3, -0.25) is 10.1 Å². The fourth-order valence-electron chi connectivity index (χ4n) is 4.49. The van der Waals surface area contributed by atoms with Gasteiger partial charge in [0.15, 0.2) is 0 Å². The number of benzene rings is 2. The van der Waals surface area contributed by atoms with Crippen molar-refractivity contribution in [2.45, 2.75) is 33.4 Å². The molecular formula is C31H33Cl2N7O6S4+2. The summed E-state index contributed by atoms with van der Waals surface area (Å²) in [6.07, 6.45) is 5.49. The van der Waals surface area contributed by atoms with Crippen molar-refractivity contribution >= 4 is 91.5 Å². The van der Waals surface area contributed by atoms with Gasteiger partial charge in [0.05, 0.1) is 34.1 Å². The number of allylic oxidation sites excluding steroid dienone is 1. The minimum atomic E-state index is -4.77. The summed E-state index contributed by atoms with van der Waals surface area (Å²) in [7, 11) is -2.33. The van der Waals surface area contributed by atoms with Crippen molar-refractivity contribution in [3.05, 3.63) is 110 Å². The van der Waals surface area contributed by atoms with Crippen LogP contribution in [0.15, 0.2) is 103 Å². The molecule has 0 bridgehead atoms. The minimum Gasteiger partial charge on any atom is -0.377 e. The SMILES string of the molecule is Cc1cc(S(=O)(=O)N=C(C(=C(NS(=O)(=O)c2cc(C)c(Cl)cc2S)[n+]2ccc(N(C)C)cc2)[N+](=O)[O-])[n+]2ccc(N(C)C)cc2)c(S)cc1Cl. The molecule has 0 radical (unpaired) electrons. The van der Waals surface area contributed by atoms with E-state index in [1.807, 2.05) is 0 Å². The van der Waals surface area contributed by atoms with Crippen molar-refractivity contribution in [3.63, 3.8) is 0 Å². The highest BCUT2D eigenvalue weighted by Gasteiger charge is 2.45. The van der Waals surface area contributed by atoms with E-state index < -0.39 is 42.3 Å². The van der Waals surface area contributed by atoms with Crippen molar-refractivity contribution in [2.75, 3.05) is 38.0 Å². The Bertz CT molecular complexity index is 2260. The summed E-state index contributed by atoms with van der Waals surface area (Å²) in [6, 6.07) is 11.5. The fraction of sp³-hybridized carbons (Fsp3) is 0.194. The van der Waals surface area contributed by atoms with Gasteiger partial charge < -0.3 is 9.80 Å². The van der Waals surface area contributed by atoms with E-state index in [1.54, 1.807) is 76.1 Å². The van der Waals surface area contributed by atoms with Gasteiger partial charge in [-0.1, -0.05) is 23.2 Å². The minimum absolute atomic E-state index is 0.0346. The van der Waals surface area contributed by atoms with Gasteiger partial charge in [0.2, 0.25) is 0 Å². The molecule has 19 heteroatoms. The second-order valence-corrected chi connectivity index (χ2v) is 16.3. The number of pyridine rings is 2. The Kier molecular flexibility index (Phi) is 11.8. The number of nitro groups is 1. The summed E-state index contributed by atoms with van der Waals surface area (Å²) in [4.78, 5) is 15.0. The highest BCUT2D eigenvalue weighted by atomic mass is 35.5. The fourth-order valence-corrected chi connectivity index (χ4v) is 8.45. The number of halogens is 2. The van der Waals surface area contributed by atoms with Gasteiger partial charge in [-0.05, 0) is 49.2 Å². The number of hydrogen-bond donors (Lipinski definition) is 3. The van der Waals surface area contributed by atoms with Crippen LogP contribution in [0.5, 0.6) is 0 Å². The van der Waals surface area contributed by atoms with Crippen LogP contribution in [0, 0.1) is 24.0 Å². The van der Waals surface area contributed by atoms with E-state index >= 15 is 0 Å². The van der Waals surface area contributed by atoms with Crippen molar-refractivity contribution < 1.29 is 30.9 Å². The zero-order chi connectivity index (χ0) is 37.3. The monoisotopic (exact) mass is 797 g/mol. The standard InChI is InChI=1S/C31H31Cl2N7O6S4/c1-19-15-27(25(47)17-23(19)32)49(43,44)34-30(38-11-7-21(8-12-38)36(3)4)29(40(41)42)31(39-13-9-22(10-14-39)37(5)6)35-50(45,46)28-16-20(2)24(33)18-26(28)48/h7-18H,1-6H3,(H-2,34,35,47,48)/p+2. The third-order valence-corrected chi connectivity index (χ3v) is 11.8. The lowest BCUT2D eigenvalue weighted by Crippen LogP contribution is -2.51. The normalized spacial score (nSPS) is 12.7. The summed E-state index contributed by atoms with van der Waals surface area (Å²) in [5.41, 5.74) is 1.13. The molecule has 13 nitrogen and oxygen atoms in total. The van der Waals surface area contributed by atoms with E-state index in [1.165, 1.54) is 49.1 Å². The molecule has 50 heavy (non-hydrogen) atoms. The Morgan fingerprint density at radius 3 is 1.64 bits per heavy atom. The molecule has 0 aliphatic carbocycles. The number of nitrogens with zero attached hydrogens (tertiary/aromatic N) is 6. The van der Waals surface area contributed by atoms with E-state index in [0.717, 1.165) is 9.13 Å². The number of anilines is 2. The summed E-state index contributed by atoms with van der Waals surface area (Å²) < 4.78 is 64.5. The van der Waals surface area contributed by atoms with Crippen molar-refractivity contribution in [1.29, 1.82) is 0 Å². The maximum Gasteiger partial charge on any atom is 0.452 e. The number of sulfonamides is 2. The number of thiol groups is 2. The summed E-state index contributed by atoms with van der Waals surface area (Å²) in [5.74, 6) is -1.40. The molecule has 0 aliphatic rings. The zero-order valence-corrected chi connectivity index (χ0v) is 32.5. The molecule has 0 unspecified atom stereocenters. The van der Waals surface area contributed by atoms with Gasteiger partial charge in [0.25, 0.3) is 0 Å². The van der Waals surface area contributed by atoms with Gasteiger partial charge in [-0.2, -0.15) is 30.7 Å². The molecule has 0 aliphatic heterocycles. The first-order valence-electron chi connectivity index (χ1n) is 14.4. The molecule has 0 spiro atoms. The number of aryl methyl sites for hydroxylation is 2. The predicted molar refractivity (Wildman–Crippen MR) is 199 cm³/mol. The molecule has 0 saturated heterocycles. The van der Waals surface area contributed by atoms with Crippen LogP contribution in [0.3, 0.4) is 0 Å². The molecule has 1 N–H and O–H groups in total. The summed E-state index contributed by atoms with van der Waals surface area (Å²) in [5, 5.41) is 13.7. The van der Waals surface area contributed by atoms with Crippen LogP contribution in [0.4, 0.5) is 11.4 Å². The molecule has 264 valence electrons. The largest absolute Gasteiger partial charge is 0.452 e. The van der Waals surface area contributed by atoms with Crippen molar-refractivity contribution in [1.82, 2.24) is 4.72 Å². The summed E-state index contributed by atoms with van der Waals surface area (Å²) >= 11 is 21.0. The Balaban J connectivity index is 2.15. The molecule has 2 aromatic carbocycles. The maximum absolute atomic E-state index is 14.0. The lowest BCUT2D eigenvalue weighted by Gasteiger charge is -2.13. The Morgan fingerprint density at radius 2 is 1.20 bits per heavy atom. The van der Waals surface area contributed by atoms with Gasteiger partial charge in [0.1, 0.15) is 9.79 Å². The third-order valence-electron chi connectivity index (χ3n) is 7.26. The molecule has 0 atom stereocenters. The van der Waals surface area contributed by atoms with Gasteiger partial charge in [-0.25, -0.2) is 0 Å². The number of hydrogen-bond acceptors (Lipinski definition) is 10. The van der Waals surface area contributed by atoms with Gasteiger partial charge >= 0.3 is 37.4 Å². The van der Waals surface area contributed by atoms with Crippen LogP contribution in [-0.4, -0.2) is 55.8 Å². The molecule has 0 saturated carbocycles. The average molecular weight is 799 g/mol. The van der Waals surface area contributed by atoms with Gasteiger partial charge in [-0.15, -0.1) is 25.3 Å². The van der Waals surface area contributed by atoms with E-state index in [9.17, 15) is 26.9 Å². The average Bonchev–Trinajstić information content (AvgIpc) is 3.03. The molecular weight excluding hydrogens is 766 g/mol. The van der Waals surface area contributed by atoms with Crippen LogP contribution < -0.4 is 23.7 Å². The lowest BCUT2D eigenvalue weighted by molar-refractivity contribution is -0.596. The van der Waals surface area contributed by atoms with E-state index in [4.69, 9.17) is 23.2 Å². The van der Waals surface area contributed by atoms with E-state index in [0.29, 0.717) is 22.5 Å². The van der Waals surface area contributed by atoms with Crippen molar-refractivity contribution in [2.24, 2.45) is 4.40 Å². The second kappa shape index (κ2) is 15.2. The van der Waals surface area contributed by atoms with Crippen LogP contribution in [0.1, 0.15) is 11.1 Å². The number of nitrogens with one attached hydrogen (secondary N) is 1. The Hall–Kier alpha value is -3.87. The first kappa shape index (κ1) is 38.9. The highest BCUT2D eigenvalue weighted by molar-refractivity contribution is 7.91. The van der Waals surface area contributed by atoms with E-state index in [2.05, 4.69) is 34.4 Å². The van der Waals surface area contributed by atoms with Crippen molar-refractivity contribution in [3.8, 4) is 0 Å². The third kappa shape index (κ3) is 8.52. The Labute approximate surface area is 311 Å². The number of rotatable bonds is 10. The van der Waals surface area contributed by atoms with Crippen LogP contribution >= 0.6 is 48.5 Å². The van der Waals surface area contributed by atoms with E-state index in [-0.39, 0.29) is 29.6 Å². The number of aromatic nitrogens is 2. The molecule has 4 rings (SSSR count). The maximum atomic E-state index is 14.0. The highest BCUT2D eigenvalue weighted by Crippen LogP contribution is 2.30. The molecule has 4 aromatic rings. The van der Waals surface area contributed by atoms with Crippen LogP contribution in [0.25, 0.3) is 5.82 Å². The lowest BCUT2D eigenvalue weighted by atomic mass is 10.2. The second-order valence-electron chi connectivity index (χ2n) is 11.3. The first-order valence-corrected chi connectivity index (χ1v) is 18.9. The van der Waals surface area contributed by atoms with Crippen LogP contribution in [0.2, 0.25) is 10.0 Å². The zero-order valence-electron chi connectivity index (χ0n) is 27.5. The topological polar surface area (TPSA) is 150 Å². The summed E-state index contributed by atoms with van der Waals surface area (Å²) in [6.45, 7) is 3.16. The molecule has 0 amide bonds. The van der Waals surface area contributed by atoms with Crippen LogP contribution in [-0.2, 0) is 20.0 Å².